The van der Waals surface area contributed by atoms with Gasteiger partial charge in [0.15, 0.2) is 0 Å². The van der Waals surface area contributed by atoms with E-state index in [9.17, 15) is 8.78 Å². The van der Waals surface area contributed by atoms with Crippen LogP contribution in [0.2, 0.25) is 0 Å². The van der Waals surface area contributed by atoms with Crippen LogP contribution in [0.5, 0.6) is 0 Å². The van der Waals surface area contributed by atoms with Gasteiger partial charge in [0.05, 0.1) is 0 Å². The monoisotopic (exact) mass is 314 g/mol. The van der Waals surface area contributed by atoms with E-state index < -0.39 is 6.43 Å². The summed E-state index contributed by atoms with van der Waals surface area (Å²) < 4.78 is 30.3. The summed E-state index contributed by atoms with van der Waals surface area (Å²) in [5.41, 5.74) is 2.09. The largest absolute Gasteiger partial charge is 0.334 e. The van der Waals surface area contributed by atoms with E-state index in [0.29, 0.717) is 23.2 Å². The Morgan fingerprint density at radius 3 is 2.65 bits per heavy atom. The summed E-state index contributed by atoms with van der Waals surface area (Å²) >= 11 is 0. The van der Waals surface area contributed by atoms with E-state index in [1.165, 1.54) is 18.3 Å². The second-order valence-corrected chi connectivity index (χ2v) is 5.44. The smallest absolute Gasteiger partial charge is 0.280 e. The lowest BCUT2D eigenvalue weighted by atomic mass is 10.2. The lowest BCUT2D eigenvalue weighted by Crippen LogP contribution is -1.90. The zero-order chi connectivity index (χ0) is 15.8. The Balaban J connectivity index is 1.62. The van der Waals surface area contributed by atoms with Gasteiger partial charge in [-0.3, -0.25) is 9.97 Å². The van der Waals surface area contributed by atoms with Gasteiger partial charge in [-0.15, -0.1) is 0 Å². The van der Waals surface area contributed by atoms with Crippen LogP contribution in [-0.2, 0) is 0 Å². The second-order valence-electron chi connectivity index (χ2n) is 5.44. The van der Waals surface area contributed by atoms with Crippen LogP contribution in [-0.4, -0.2) is 20.1 Å². The number of alkyl halides is 2. The molecule has 3 aromatic heterocycles. The molecule has 0 aromatic carbocycles. The Labute approximate surface area is 130 Å². The van der Waals surface area contributed by atoms with Crippen molar-refractivity contribution in [1.82, 2.24) is 20.1 Å². The zero-order valence-electron chi connectivity index (χ0n) is 12.0. The number of halogens is 2. The minimum atomic E-state index is -2.59. The molecule has 0 atom stereocenters. The molecule has 3 heterocycles. The summed E-state index contributed by atoms with van der Waals surface area (Å²) in [5, 5.41) is 3.89. The van der Waals surface area contributed by atoms with Crippen LogP contribution in [0.4, 0.5) is 8.78 Å². The fourth-order valence-corrected chi connectivity index (χ4v) is 2.31. The molecule has 4 rings (SSSR count). The van der Waals surface area contributed by atoms with Gasteiger partial charge in [-0.25, -0.2) is 8.78 Å². The Hall–Kier alpha value is -2.70. The van der Waals surface area contributed by atoms with Crippen LogP contribution >= 0.6 is 0 Å². The van der Waals surface area contributed by atoms with Gasteiger partial charge in [0.25, 0.3) is 12.3 Å². The highest BCUT2D eigenvalue weighted by molar-refractivity contribution is 5.59. The summed E-state index contributed by atoms with van der Waals surface area (Å²) in [6.45, 7) is 0. The topological polar surface area (TPSA) is 64.7 Å². The fraction of sp³-hybridized carbons (Fsp3) is 0.250. The van der Waals surface area contributed by atoms with Crippen LogP contribution in [0, 0.1) is 0 Å². The van der Waals surface area contributed by atoms with Crippen molar-refractivity contribution >= 4 is 0 Å². The van der Waals surface area contributed by atoms with Gasteiger partial charge in [0.2, 0.25) is 5.82 Å². The lowest BCUT2D eigenvalue weighted by molar-refractivity contribution is 0.146. The highest BCUT2D eigenvalue weighted by atomic mass is 19.3. The summed E-state index contributed by atoms with van der Waals surface area (Å²) in [6.07, 6.45) is 2.77. The zero-order valence-corrected chi connectivity index (χ0v) is 12.0. The predicted octanol–water partition coefficient (Wildman–Crippen LogP) is 4.01. The SMILES string of the molecule is FC(F)c1ccc(-c2noc(-c3ccnc(C4CC4)c3)n2)cn1. The first-order valence-electron chi connectivity index (χ1n) is 7.25. The molecule has 3 aromatic rings. The molecule has 0 saturated heterocycles. The van der Waals surface area contributed by atoms with E-state index in [1.54, 1.807) is 12.3 Å². The predicted molar refractivity (Wildman–Crippen MR) is 77.7 cm³/mol. The molecule has 116 valence electrons. The second kappa shape index (κ2) is 5.49. The van der Waals surface area contributed by atoms with Crippen molar-refractivity contribution in [2.75, 3.05) is 0 Å². The highest BCUT2D eigenvalue weighted by Gasteiger charge is 2.25. The molecule has 0 N–H and O–H groups in total. The first-order valence-corrected chi connectivity index (χ1v) is 7.25. The van der Waals surface area contributed by atoms with Crippen molar-refractivity contribution in [3.63, 3.8) is 0 Å². The molecular formula is C16H12F2N4O. The van der Waals surface area contributed by atoms with Gasteiger partial charge in [0.1, 0.15) is 5.69 Å². The van der Waals surface area contributed by atoms with Gasteiger partial charge in [-0.1, -0.05) is 5.16 Å². The van der Waals surface area contributed by atoms with E-state index in [0.717, 1.165) is 24.1 Å². The molecule has 0 radical (unpaired) electrons. The maximum atomic E-state index is 12.5. The van der Waals surface area contributed by atoms with Crippen molar-refractivity contribution in [2.24, 2.45) is 0 Å². The third-order valence-electron chi connectivity index (χ3n) is 3.72. The minimum absolute atomic E-state index is 0.277. The molecule has 0 aliphatic heterocycles. The summed E-state index contributed by atoms with van der Waals surface area (Å²) in [4.78, 5) is 12.4. The van der Waals surface area contributed by atoms with Crippen LogP contribution in [0.1, 0.15) is 36.6 Å². The summed E-state index contributed by atoms with van der Waals surface area (Å²) in [6, 6.07) is 6.52. The maximum Gasteiger partial charge on any atom is 0.280 e. The van der Waals surface area contributed by atoms with Crippen LogP contribution in [0.15, 0.2) is 41.2 Å². The summed E-state index contributed by atoms with van der Waals surface area (Å²) in [7, 11) is 0. The molecule has 0 spiro atoms. The Morgan fingerprint density at radius 1 is 1.09 bits per heavy atom. The van der Waals surface area contributed by atoms with Gasteiger partial charge in [0, 0.05) is 35.1 Å². The third-order valence-corrected chi connectivity index (χ3v) is 3.72. The molecule has 1 fully saturated rings. The molecule has 1 aliphatic rings. The molecular weight excluding hydrogens is 302 g/mol. The first-order chi connectivity index (χ1) is 11.2. The molecule has 23 heavy (non-hydrogen) atoms. The maximum absolute atomic E-state index is 12.5. The minimum Gasteiger partial charge on any atom is -0.334 e. The van der Waals surface area contributed by atoms with Gasteiger partial charge in [-0.05, 0) is 37.1 Å². The molecule has 5 nitrogen and oxygen atoms in total. The summed E-state index contributed by atoms with van der Waals surface area (Å²) in [5.74, 6) is 1.23. The van der Waals surface area contributed by atoms with Gasteiger partial charge in [-0.2, -0.15) is 4.98 Å². The number of rotatable bonds is 4. The van der Waals surface area contributed by atoms with E-state index in [2.05, 4.69) is 20.1 Å². The van der Waals surface area contributed by atoms with E-state index in [-0.39, 0.29) is 5.69 Å². The highest BCUT2D eigenvalue weighted by Crippen LogP contribution is 2.39. The van der Waals surface area contributed by atoms with Gasteiger partial charge >= 0.3 is 0 Å². The van der Waals surface area contributed by atoms with E-state index >= 15 is 0 Å². The molecule has 7 heteroatoms. The fourth-order valence-electron chi connectivity index (χ4n) is 2.31. The number of hydrogen-bond donors (Lipinski definition) is 0. The van der Waals surface area contributed by atoms with Gasteiger partial charge < -0.3 is 4.52 Å². The quantitative estimate of drug-likeness (QED) is 0.728. The molecule has 0 unspecified atom stereocenters. The number of pyridine rings is 2. The standard InChI is InChI=1S/C16H12F2N4O/c17-14(18)12-4-3-11(8-20-12)15-21-16(23-22-15)10-5-6-19-13(7-10)9-1-2-9/h3-9,14H,1-2H2. The number of hydrogen-bond acceptors (Lipinski definition) is 5. The number of nitrogens with zero attached hydrogens (tertiary/aromatic N) is 4. The van der Waals surface area contributed by atoms with E-state index in [1.807, 2.05) is 6.07 Å². The van der Waals surface area contributed by atoms with Crippen molar-refractivity contribution in [1.29, 1.82) is 0 Å². The molecule has 0 bridgehead atoms. The van der Waals surface area contributed by atoms with Crippen LogP contribution in [0.25, 0.3) is 22.8 Å². The Morgan fingerprint density at radius 2 is 1.96 bits per heavy atom. The van der Waals surface area contributed by atoms with Crippen LogP contribution < -0.4 is 0 Å². The molecule has 0 amide bonds. The van der Waals surface area contributed by atoms with Crippen molar-refractivity contribution in [2.45, 2.75) is 25.2 Å². The molecule has 1 aliphatic carbocycles. The Bertz CT molecular complexity index is 828. The van der Waals surface area contributed by atoms with Crippen LogP contribution in [0.3, 0.4) is 0 Å². The van der Waals surface area contributed by atoms with E-state index in [4.69, 9.17) is 4.52 Å². The first kappa shape index (κ1) is 13.9. The van der Waals surface area contributed by atoms with Crippen molar-refractivity contribution < 1.29 is 13.3 Å². The Kier molecular flexibility index (Phi) is 3.33. The van der Waals surface area contributed by atoms with Crippen molar-refractivity contribution in [3.8, 4) is 22.8 Å². The third kappa shape index (κ3) is 2.81. The average Bonchev–Trinajstić information content (AvgIpc) is 3.32. The lowest BCUT2D eigenvalue weighted by Gasteiger charge is -1.99. The molecule has 1 saturated carbocycles. The van der Waals surface area contributed by atoms with Crippen molar-refractivity contribution in [3.05, 3.63) is 48.0 Å². The average molecular weight is 314 g/mol. The normalized spacial score (nSPS) is 14.4. The number of aromatic nitrogens is 4.